The van der Waals surface area contributed by atoms with Crippen LogP contribution in [0.3, 0.4) is 0 Å². The van der Waals surface area contributed by atoms with E-state index in [0.29, 0.717) is 5.41 Å². The van der Waals surface area contributed by atoms with E-state index in [1.54, 1.807) is 0 Å². The first-order chi connectivity index (χ1) is 3.48. The highest BCUT2D eigenvalue weighted by Crippen LogP contribution is 2.26. The van der Waals surface area contributed by atoms with Crippen molar-refractivity contribution in [3.05, 3.63) is 0 Å². The molecule has 0 aromatic carbocycles. The standard InChI is InChI=1S/C7H15.Al/c1-6(2)7(3,4)5;/h6H,1H2,2-5H3;. The summed E-state index contributed by atoms with van der Waals surface area (Å²) >= 11 is 2.78. The molecule has 0 aliphatic carbocycles. The van der Waals surface area contributed by atoms with Gasteiger partial charge in [-0.25, -0.2) is 0 Å². The third-order valence-corrected chi connectivity index (χ3v) is 2.54. The molecule has 0 aliphatic rings. The summed E-state index contributed by atoms with van der Waals surface area (Å²) in [6, 6.07) is 0. The molecule has 0 saturated carbocycles. The van der Waals surface area contributed by atoms with Crippen LogP contribution < -0.4 is 0 Å². The molecule has 8 heavy (non-hydrogen) atoms. The van der Waals surface area contributed by atoms with Crippen molar-refractivity contribution in [2.75, 3.05) is 0 Å². The van der Waals surface area contributed by atoms with Crippen molar-refractivity contribution in [1.29, 1.82) is 0 Å². The monoisotopic (exact) mass is 126 g/mol. The van der Waals surface area contributed by atoms with E-state index in [0.717, 1.165) is 5.92 Å². The first kappa shape index (κ1) is 8.53. The van der Waals surface area contributed by atoms with E-state index in [9.17, 15) is 0 Å². The van der Waals surface area contributed by atoms with Crippen molar-refractivity contribution in [1.82, 2.24) is 0 Å². The molecule has 0 fully saturated rings. The Morgan fingerprint density at radius 1 is 1.38 bits per heavy atom. The first-order valence-electron chi connectivity index (χ1n) is 3.18. The Hall–Kier alpha value is 0.532. The molecule has 1 heteroatoms. The van der Waals surface area contributed by atoms with Crippen LogP contribution in [0.5, 0.6) is 0 Å². The van der Waals surface area contributed by atoms with Crippen LogP contribution in [0.25, 0.3) is 0 Å². The first-order valence-corrected chi connectivity index (χ1v) is 4.00. The summed E-state index contributed by atoms with van der Waals surface area (Å²) in [6.07, 6.45) is 0. The zero-order chi connectivity index (χ0) is 6.78. The molecule has 0 aromatic heterocycles. The lowest BCUT2D eigenvalue weighted by molar-refractivity contribution is 0.284. The minimum Gasteiger partial charge on any atom is -0.115 e. The van der Waals surface area contributed by atoms with Gasteiger partial charge in [-0.15, -0.1) is 5.28 Å². The molecule has 0 aromatic rings. The Bertz CT molecular complexity index is 61.3. The van der Waals surface area contributed by atoms with E-state index in [1.807, 2.05) is 0 Å². The Morgan fingerprint density at radius 2 is 1.75 bits per heavy atom. The maximum Gasteiger partial charge on any atom is 0.118 e. The third kappa shape index (κ3) is 2.75. The summed E-state index contributed by atoms with van der Waals surface area (Å²) in [6.45, 7) is 9.12. The quantitative estimate of drug-likeness (QED) is 0.473. The van der Waals surface area contributed by atoms with Crippen molar-refractivity contribution >= 4 is 16.3 Å². The predicted molar refractivity (Wildman–Crippen MR) is 39.2 cm³/mol. The lowest BCUT2D eigenvalue weighted by atomic mass is 9.83. The minimum atomic E-state index is 0.488. The Morgan fingerprint density at radius 3 is 1.75 bits per heavy atom. The van der Waals surface area contributed by atoms with Crippen LogP contribution in [0.1, 0.15) is 27.7 Å². The maximum absolute atomic E-state index is 2.78. The summed E-state index contributed by atoms with van der Waals surface area (Å²) < 4.78 is 0. The Kier molecular flexibility index (Phi) is 3.09. The van der Waals surface area contributed by atoms with Crippen LogP contribution in [-0.2, 0) is 0 Å². The highest BCUT2D eigenvalue weighted by Gasteiger charge is 2.16. The second kappa shape index (κ2) is 2.90. The van der Waals surface area contributed by atoms with Gasteiger partial charge in [0.1, 0.15) is 16.3 Å². The van der Waals surface area contributed by atoms with Crippen molar-refractivity contribution < 1.29 is 0 Å². The van der Waals surface area contributed by atoms with Crippen LogP contribution in [0, 0.1) is 11.3 Å². The van der Waals surface area contributed by atoms with Crippen molar-refractivity contribution in [3.8, 4) is 0 Å². The molecule has 0 N–H and O–H groups in total. The van der Waals surface area contributed by atoms with E-state index in [2.05, 4.69) is 44.0 Å². The van der Waals surface area contributed by atoms with E-state index in [-0.39, 0.29) is 0 Å². The summed E-state index contributed by atoms with van der Waals surface area (Å²) in [5.74, 6) is 0.812. The van der Waals surface area contributed by atoms with Crippen LogP contribution in [-0.4, -0.2) is 16.3 Å². The number of rotatable bonds is 1. The average Bonchev–Trinajstić information content (AvgIpc) is 1.62. The van der Waals surface area contributed by atoms with Gasteiger partial charge >= 0.3 is 0 Å². The highest BCUT2D eigenvalue weighted by molar-refractivity contribution is 6.08. The van der Waals surface area contributed by atoms with E-state index < -0.39 is 0 Å². The van der Waals surface area contributed by atoms with Gasteiger partial charge in [-0.1, -0.05) is 33.6 Å². The van der Waals surface area contributed by atoms with Gasteiger partial charge in [-0.05, 0) is 5.41 Å². The number of hydrogen-bond donors (Lipinski definition) is 0. The molecule has 0 bridgehead atoms. The molecule has 0 rings (SSSR count). The van der Waals surface area contributed by atoms with Crippen molar-refractivity contribution in [2.45, 2.75) is 33.0 Å². The fourth-order valence-electron chi connectivity index (χ4n) is 0.354. The summed E-state index contributed by atoms with van der Waals surface area (Å²) in [4.78, 5) is 0. The summed E-state index contributed by atoms with van der Waals surface area (Å²) in [7, 11) is 0. The normalized spacial score (nSPS) is 16.0. The molecular weight excluding hydrogens is 111 g/mol. The molecule has 0 amide bonds. The average molecular weight is 126 g/mol. The maximum atomic E-state index is 2.78. The Labute approximate surface area is 61.1 Å². The van der Waals surface area contributed by atoms with E-state index in [1.165, 1.54) is 5.28 Å². The zero-order valence-electron chi connectivity index (χ0n) is 6.36. The molecule has 46 valence electrons. The minimum absolute atomic E-state index is 0.488. The lowest BCUT2D eigenvalue weighted by Gasteiger charge is -2.26. The Balaban J connectivity index is 3.62. The molecule has 0 heterocycles. The van der Waals surface area contributed by atoms with Gasteiger partial charge in [0.15, 0.2) is 0 Å². The predicted octanol–water partition coefficient (Wildman–Crippen LogP) is 2.26. The topological polar surface area (TPSA) is 0 Å². The van der Waals surface area contributed by atoms with E-state index in [4.69, 9.17) is 0 Å². The van der Waals surface area contributed by atoms with Crippen LogP contribution in [0.15, 0.2) is 0 Å². The lowest BCUT2D eigenvalue weighted by Crippen LogP contribution is -2.16. The fraction of sp³-hybridized carbons (Fsp3) is 1.00. The third-order valence-electron chi connectivity index (χ3n) is 1.83. The smallest absolute Gasteiger partial charge is 0.115 e. The summed E-state index contributed by atoms with van der Waals surface area (Å²) in [5.41, 5.74) is 0.488. The molecule has 0 nitrogen and oxygen atoms in total. The molecule has 1 atom stereocenters. The van der Waals surface area contributed by atoms with Gasteiger partial charge < -0.3 is 0 Å². The largest absolute Gasteiger partial charge is 0.118 e. The molecule has 0 saturated heterocycles. The number of hydrogen-bond acceptors (Lipinski definition) is 0. The molecule has 2 radical (unpaired) electrons. The highest BCUT2D eigenvalue weighted by atomic mass is 27.0. The van der Waals surface area contributed by atoms with Gasteiger partial charge in [-0.3, -0.25) is 0 Å². The van der Waals surface area contributed by atoms with Gasteiger partial charge in [0.2, 0.25) is 0 Å². The summed E-state index contributed by atoms with van der Waals surface area (Å²) in [5, 5.41) is 1.21. The SMILES string of the molecule is CC([CH2][Al])C(C)(C)C. The van der Waals surface area contributed by atoms with Gasteiger partial charge in [-0.2, -0.15) is 0 Å². The molecule has 1 unspecified atom stereocenters. The zero-order valence-corrected chi connectivity index (χ0v) is 7.52. The fourth-order valence-corrected chi connectivity index (χ4v) is 1.06. The molecular formula is C7H15Al. The second-order valence-corrected chi connectivity index (χ2v) is 3.97. The van der Waals surface area contributed by atoms with Crippen LogP contribution in [0.2, 0.25) is 5.28 Å². The molecule has 0 spiro atoms. The van der Waals surface area contributed by atoms with E-state index >= 15 is 0 Å². The van der Waals surface area contributed by atoms with Crippen LogP contribution >= 0.6 is 0 Å². The van der Waals surface area contributed by atoms with Gasteiger partial charge in [0.05, 0.1) is 0 Å². The van der Waals surface area contributed by atoms with Crippen molar-refractivity contribution in [3.63, 3.8) is 0 Å². The van der Waals surface area contributed by atoms with Gasteiger partial charge in [0, 0.05) is 0 Å². The molecule has 0 aliphatic heterocycles. The second-order valence-electron chi connectivity index (χ2n) is 3.50. The van der Waals surface area contributed by atoms with Crippen LogP contribution in [0.4, 0.5) is 0 Å². The van der Waals surface area contributed by atoms with Crippen molar-refractivity contribution in [2.24, 2.45) is 11.3 Å². The van der Waals surface area contributed by atoms with Gasteiger partial charge in [0.25, 0.3) is 0 Å².